The average molecular weight is 371 g/mol. The quantitative estimate of drug-likeness (QED) is 0.330. The molecule has 2 aromatic carbocycles. The number of rotatable bonds is 6. The number of esters is 1. The maximum absolute atomic E-state index is 12.7. The van der Waals surface area contributed by atoms with Gasteiger partial charge in [0.05, 0.1) is 17.6 Å². The summed E-state index contributed by atoms with van der Waals surface area (Å²) in [6.45, 7) is 7.16. The van der Waals surface area contributed by atoms with Crippen LogP contribution in [0.4, 0.5) is 5.69 Å². The lowest BCUT2D eigenvalue weighted by Crippen LogP contribution is -2.25. The molecule has 1 atom stereocenters. The van der Waals surface area contributed by atoms with Crippen LogP contribution < -0.4 is 4.74 Å². The van der Waals surface area contributed by atoms with E-state index in [-0.39, 0.29) is 22.8 Å². The number of benzene rings is 2. The van der Waals surface area contributed by atoms with Crippen molar-refractivity contribution in [2.45, 2.75) is 33.8 Å². The zero-order valence-electron chi connectivity index (χ0n) is 15.9. The molecule has 0 N–H and O–H groups in total. The fraction of sp³-hybridized carbons (Fsp3) is 0.300. The highest BCUT2D eigenvalue weighted by atomic mass is 16.6. The molecule has 0 amide bonds. The third-order valence-corrected chi connectivity index (χ3v) is 4.37. The Morgan fingerprint density at radius 2 is 1.67 bits per heavy atom. The molecular formula is C20H21NO6. The number of nitro groups is 1. The fourth-order valence-electron chi connectivity index (χ4n) is 2.69. The number of methoxy groups -OCH3 is 1. The molecular weight excluding hydrogens is 350 g/mol. The second-order valence-electron chi connectivity index (χ2n) is 6.31. The molecule has 0 saturated heterocycles. The van der Waals surface area contributed by atoms with Gasteiger partial charge in [-0.15, -0.1) is 0 Å². The monoisotopic (exact) mass is 371 g/mol. The predicted molar refractivity (Wildman–Crippen MR) is 99.5 cm³/mol. The molecule has 27 heavy (non-hydrogen) atoms. The van der Waals surface area contributed by atoms with Crippen LogP contribution in [0.3, 0.4) is 0 Å². The van der Waals surface area contributed by atoms with E-state index in [1.54, 1.807) is 6.07 Å². The number of ketones is 1. The topological polar surface area (TPSA) is 95.7 Å². The van der Waals surface area contributed by atoms with Gasteiger partial charge in [0.2, 0.25) is 5.78 Å². The Labute approximate surface area is 157 Å². The van der Waals surface area contributed by atoms with E-state index in [4.69, 9.17) is 9.47 Å². The lowest BCUT2D eigenvalue weighted by molar-refractivity contribution is -0.385. The van der Waals surface area contributed by atoms with E-state index >= 15 is 0 Å². The lowest BCUT2D eigenvalue weighted by atomic mass is 9.96. The van der Waals surface area contributed by atoms with Crippen molar-refractivity contribution in [1.82, 2.24) is 0 Å². The van der Waals surface area contributed by atoms with Gasteiger partial charge in [0, 0.05) is 11.6 Å². The van der Waals surface area contributed by atoms with Crippen molar-refractivity contribution in [3.63, 3.8) is 0 Å². The van der Waals surface area contributed by atoms with Gasteiger partial charge in [-0.05, 0) is 62.6 Å². The first-order valence-corrected chi connectivity index (χ1v) is 8.31. The van der Waals surface area contributed by atoms with Crippen LogP contribution in [0.5, 0.6) is 5.75 Å². The molecule has 2 rings (SSSR count). The number of Topliss-reactive ketones (excluding diaryl/α,β-unsaturated/α-hetero) is 1. The van der Waals surface area contributed by atoms with Gasteiger partial charge < -0.3 is 9.47 Å². The van der Waals surface area contributed by atoms with Crippen LogP contribution in [0.2, 0.25) is 0 Å². The third kappa shape index (κ3) is 4.31. The van der Waals surface area contributed by atoms with Crippen LogP contribution >= 0.6 is 0 Å². The highest BCUT2D eigenvalue weighted by Gasteiger charge is 2.24. The molecule has 0 aromatic heterocycles. The van der Waals surface area contributed by atoms with Gasteiger partial charge in [-0.3, -0.25) is 14.9 Å². The van der Waals surface area contributed by atoms with Gasteiger partial charge in [0.15, 0.2) is 11.9 Å². The van der Waals surface area contributed by atoms with E-state index in [0.717, 1.165) is 22.8 Å². The second-order valence-corrected chi connectivity index (χ2v) is 6.31. The molecule has 142 valence electrons. The molecule has 0 saturated carbocycles. The SMILES string of the molecule is COc1ccc(C(=O)O[C@H](C)C(=O)c2cc(C)c(C)cc2C)cc1[N+](=O)[O-]. The lowest BCUT2D eigenvalue weighted by Gasteiger charge is -2.15. The second kappa shape index (κ2) is 7.99. The molecule has 7 heteroatoms. The summed E-state index contributed by atoms with van der Waals surface area (Å²) in [7, 11) is 1.30. The zero-order chi connectivity index (χ0) is 20.3. The first-order valence-electron chi connectivity index (χ1n) is 8.31. The van der Waals surface area contributed by atoms with Gasteiger partial charge in [-0.2, -0.15) is 0 Å². The fourth-order valence-corrected chi connectivity index (χ4v) is 2.69. The molecule has 0 radical (unpaired) electrons. The summed E-state index contributed by atoms with van der Waals surface area (Å²) in [5, 5.41) is 11.1. The Bertz CT molecular complexity index is 919. The largest absolute Gasteiger partial charge is 0.490 e. The number of ether oxygens (including phenoxy) is 2. The van der Waals surface area contributed by atoms with Gasteiger partial charge in [0.25, 0.3) is 0 Å². The summed E-state index contributed by atoms with van der Waals surface area (Å²) in [5.41, 5.74) is 2.94. The highest BCUT2D eigenvalue weighted by molar-refractivity contribution is 6.02. The van der Waals surface area contributed by atoms with Crippen LogP contribution in [0.25, 0.3) is 0 Å². The van der Waals surface area contributed by atoms with Crippen LogP contribution in [0, 0.1) is 30.9 Å². The number of carbonyl (C=O) groups is 2. The molecule has 0 fully saturated rings. The van der Waals surface area contributed by atoms with E-state index in [1.807, 2.05) is 26.8 Å². The maximum Gasteiger partial charge on any atom is 0.339 e. The summed E-state index contributed by atoms with van der Waals surface area (Å²) < 4.78 is 10.1. The Hall–Kier alpha value is -3.22. The number of hydrogen-bond donors (Lipinski definition) is 0. The van der Waals surface area contributed by atoms with Crippen molar-refractivity contribution < 1.29 is 24.0 Å². The Kier molecular flexibility index (Phi) is 5.95. The molecule has 0 unspecified atom stereocenters. The van der Waals surface area contributed by atoms with Crippen molar-refractivity contribution >= 4 is 17.4 Å². The van der Waals surface area contributed by atoms with E-state index in [9.17, 15) is 19.7 Å². The minimum absolute atomic E-state index is 0.0287. The van der Waals surface area contributed by atoms with Crippen LogP contribution in [-0.4, -0.2) is 29.9 Å². The summed E-state index contributed by atoms with van der Waals surface area (Å²) in [4.78, 5) is 35.4. The van der Waals surface area contributed by atoms with Gasteiger partial charge in [-0.25, -0.2) is 4.79 Å². The van der Waals surface area contributed by atoms with Crippen LogP contribution in [0.1, 0.15) is 44.3 Å². The van der Waals surface area contributed by atoms with E-state index in [2.05, 4.69) is 0 Å². The molecule has 0 aliphatic rings. The summed E-state index contributed by atoms with van der Waals surface area (Å²) in [5.74, 6) is -1.11. The first-order chi connectivity index (χ1) is 12.6. The maximum atomic E-state index is 12.7. The van der Waals surface area contributed by atoms with Crippen molar-refractivity contribution in [1.29, 1.82) is 0 Å². The van der Waals surface area contributed by atoms with Gasteiger partial charge in [0.1, 0.15) is 0 Å². The third-order valence-electron chi connectivity index (χ3n) is 4.37. The van der Waals surface area contributed by atoms with Crippen LogP contribution in [0.15, 0.2) is 30.3 Å². The molecule has 0 bridgehead atoms. The van der Waals surface area contributed by atoms with Crippen molar-refractivity contribution in [2.24, 2.45) is 0 Å². The number of nitro benzene ring substituents is 1. The number of carbonyl (C=O) groups excluding carboxylic acids is 2. The highest BCUT2D eigenvalue weighted by Crippen LogP contribution is 2.28. The van der Waals surface area contributed by atoms with E-state index in [0.29, 0.717) is 5.56 Å². The van der Waals surface area contributed by atoms with Crippen LogP contribution in [-0.2, 0) is 4.74 Å². The predicted octanol–water partition coefficient (Wildman–Crippen LogP) is 3.96. The summed E-state index contributed by atoms with van der Waals surface area (Å²) in [6, 6.07) is 7.42. The Morgan fingerprint density at radius 3 is 2.26 bits per heavy atom. The van der Waals surface area contributed by atoms with E-state index in [1.165, 1.54) is 26.2 Å². The molecule has 7 nitrogen and oxygen atoms in total. The number of aryl methyl sites for hydroxylation is 3. The van der Waals surface area contributed by atoms with Gasteiger partial charge in [-0.1, -0.05) is 6.07 Å². The number of hydrogen-bond acceptors (Lipinski definition) is 6. The summed E-state index contributed by atoms with van der Waals surface area (Å²) in [6.07, 6.45) is -1.03. The standard InChI is InChI=1S/C20H21NO6/c1-11-8-13(3)16(9-12(11)2)19(22)14(4)27-20(23)15-6-7-18(26-5)17(10-15)21(24)25/h6-10,14H,1-5H3/t14-/m1/s1. The normalized spacial score (nSPS) is 11.6. The van der Waals surface area contributed by atoms with E-state index < -0.39 is 17.0 Å². The minimum Gasteiger partial charge on any atom is -0.490 e. The zero-order valence-corrected chi connectivity index (χ0v) is 15.9. The molecule has 0 spiro atoms. The molecule has 0 aliphatic carbocycles. The minimum atomic E-state index is -1.03. The van der Waals surface area contributed by atoms with Crippen molar-refractivity contribution in [3.05, 3.63) is 68.3 Å². The number of nitrogens with zero attached hydrogens (tertiary/aromatic N) is 1. The average Bonchev–Trinajstić information content (AvgIpc) is 2.63. The van der Waals surface area contributed by atoms with Crippen molar-refractivity contribution in [2.75, 3.05) is 7.11 Å². The van der Waals surface area contributed by atoms with Gasteiger partial charge >= 0.3 is 11.7 Å². The Morgan fingerprint density at radius 1 is 1.04 bits per heavy atom. The first kappa shape index (κ1) is 20.1. The summed E-state index contributed by atoms with van der Waals surface area (Å²) >= 11 is 0. The molecule has 0 heterocycles. The Balaban J connectivity index is 2.23. The molecule has 0 aliphatic heterocycles. The van der Waals surface area contributed by atoms with Crippen molar-refractivity contribution in [3.8, 4) is 5.75 Å². The smallest absolute Gasteiger partial charge is 0.339 e. The molecule has 2 aromatic rings.